The quantitative estimate of drug-likeness (QED) is 0.838. The summed E-state index contributed by atoms with van der Waals surface area (Å²) in [5.41, 5.74) is 7.16. The Hall–Kier alpha value is -1.07. The minimum Gasteiger partial charge on any atom is -0.494 e. The van der Waals surface area contributed by atoms with Gasteiger partial charge in [0.2, 0.25) is 0 Å². The maximum absolute atomic E-state index is 5.99. The van der Waals surface area contributed by atoms with Crippen LogP contribution in [0, 0.1) is 0 Å². The molecule has 0 saturated heterocycles. The SMILES string of the molecule is CCOc1cccc(C(CN)N(C)Cc2ccc(Cl)s2)c1. The molecule has 0 amide bonds. The van der Waals surface area contributed by atoms with E-state index in [0.29, 0.717) is 13.2 Å². The van der Waals surface area contributed by atoms with Gasteiger partial charge in [0, 0.05) is 24.0 Å². The van der Waals surface area contributed by atoms with Crippen LogP contribution in [0.3, 0.4) is 0 Å². The van der Waals surface area contributed by atoms with E-state index < -0.39 is 0 Å². The normalized spacial score (nSPS) is 12.6. The average Bonchev–Trinajstić information content (AvgIpc) is 2.86. The molecule has 2 aromatic rings. The summed E-state index contributed by atoms with van der Waals surface area (Å²) in [4.78, 5) is 3.48. The third kappa shape index (κ3) is 4.45. The second kappa shape index (κ2) is 7.80. The van der Waals surface area contributed by atoms with E-state index in [9.17, 15) is 0 Å². The molecular formula is C16H21ClN2OS. The molecule has 0 aliphatic carbocycles. The number of benzene rings is 1. The average molecular weight is 325 g/mol. The molecule has 0 saturated carbocycles. The van der Waals surface area contributed by atoms with Crippen molar-refractivity contribution in [3.63, 3.8) is 0 Å². The predicted molar refractivity (Wildman–Crippen MR) is 90.2 cm³/mol. The van der Waals surface area contributed by atoms with Crippen molar-refractivity contribution < 1.29 is 4.74 Å². The van der Waals surface area contributed by atoms with E-state index in [2.05, 4.69) is 30.1 Å². The first kappa shape index (κ1) is 16.3. The lowest BCUT2D eigenvalue weighted by Crippen LogP contribution is -2.29. The Kier molecular flexibility index (Phi) is 6.06. The maximum Gasteiger partial charge on any atom is 0.119 e. The summed E-state index contributed by atoms with van der Waals surface area (Å²) >= 11 is 7.60. The van der Waals surface area contributed by atoms with E-state index in [1.54, 1.807) is 11.3 Å². The van der Waals surface area contributed by atoms with Crippen molar-refractivity contribution in [2.75, 3.05) is 20.2 Å². The van der Waals surface area contributed by atoms with Crippen molar-refractivity contribution in [3.8, 4) is 5.75 Å². The summed E-state index contributed by atoms with van der Waals surface area (Å²) in [5, 5.41) is 0. The Morgan fingerprint density at radius 3 is 2.76 bits per heavy atom. The summed E-state index contributed by atoms with van der Waals surface area (Å²) in [7, 11) is 2.08. The molecule has 0 aliphatic rings. The van der Waals surface area contributed by atoms with E-state index >= 15 is 0 Å². The summed E-state index contributed by atoms with van der Waals surface area (Å²) in [6.45, 7) is 4.04. The van der Waals surface area contributed by atoms with Crippen LogP contribution in [0.2, 0.25) is 4.34 Å². The number of hydrogen-bond donors (Lipinski definition) is 1. The van der Waals surface area contributed by atoms with Gasteiger partial charge in [-0.05, 0) is 43.8 Å². The van der Waals surface area contributed by atoms with E-state index in [4.69, 9.17) is 22.1 Å². The minimum atomic E-state index is 0.159. The zero-order chi connectivity index (χ0) is 15.2. The fraction of sp³-hybridized carbons (Fsp3) is 0.375. The van der Waals surface area contributed by atoms with Gasteiger partial charge >= 0.3 is 0 Å². The molecule has 0 spiro atoms. The lowest BCUT2D eigenvalue weighted by Gasteiger charge is -2.27. The first-order valence-electron chi connectivity index (χ1n) is 7.01. The number of nitrogens with two attached hydrogens (primary N) is 1. The Morgan fingerprint density at radius 1 is 1.33 bits per heavy atom. The van der Waals surface area contributed by atoms with Gasteiger partial charge in [-0.15, -0.1) is 11.3 Å². The highest BCUT2D eigenvalue weighted by atomic mass is 35.5. The molecule has 1 unspecified atom stereocenters. The van der Waals surface area contributed by atoms with Gasteiger partial charge in [0.15, 0.2) is 0 Å². The summed E-state index contributed by atoms with van der Waals surface area (Å²) in [6, 6.07) is 12.3. The third-order valence-electron chi connectivity index (χ3n) is 3.34. The van der Waals surface area contributed by atoms with Gasteiger partial charge in [0.25, 0.3) is 0 Å². The minimum absolute atomic E-state index is 0.159. The summed E-state index contributed by atoms with van der Waals surface area (Å²) in [6.07, 6.45) is 0. The highest BCUT2D eigenvalue weighted by Gasteiger charge is 2.17. The Labute approximate surface area is 135 Å². The van der Waals surface area contributed by atoms with E-state index in [1.165, 1.54) is 10.4 Å². The number of nitrogens with zero attached hydrogens (tertiary/aromatic N) is 1. The van der Waals surface area contributed by atoms with Gasteiger partial charge in [0.05, 0.1) is 10.9 Å². The van der Waals surface area contributed by atoms with Crippen molar-refractivity contribution in [2.45, 2.75) is 19.5 Å². The molecule has 1 heterocycles. The molecule has 1 aromatic heterocycles. The van der Waals surface area contributed by atoms with Gasteiger partial charge in [-0.25, -0.2) is 0 Å². The van der Waals surface area contributed by atoms with Crippen LogP contribution in [-0.4, -0.2) is 25.1 Å². The first-order valence-corrected chi connectivity index (χ1v) is 8.20. The maximum atomic E-state index is 5.99. The van der Waals surface area contributed by atoms with E-state index in [0.717, 1.165) is 16.6 Å². The van der Waals surface area contributed by atoms with Crippen LogP contribution >= 0.6 is 22.9 Å². The number of ether oxygens (including phenoxy) is 1. The lowest BCUT2D eigenvalue weighted by atomic mass is 10.1. The molecule has 3 nitrogen and oxygen atoms in total. The molecule has 1 aromatic carbocycles. The predicted octanol–water partition coefficient (Wildman–Crippen LogP) is 3.93. The van der Waals surface area contributed by atoms with Crippen LogP contribution in [0.25, 0.3) is 0 Å². The number of rotatable bonds is 7. The molecule has 21 heavy (non-hydrogen) atoms. The van der Waals surface area contributed by atoms with Crippen LogP contribution in [0.5, 0.6) is 5.75 Å². The van der Waals surface area contributed by atoms with Crippen molar-refractivity contribution >= 4 is 22.9 Å². The standard InChI is InChI=1S/C16H21ClN2OS/c1-3-20-13-6-4-5-12(9-13)15(10-18)19(2)11-14-7-8-16(17)21-14/h4-9,15H,3,10-11,18H2,1-2H3. The molecule has 0 aliphatic heterocycles. The van der Waals surface area contributed by atoms with Crippen LogP contribution in [0.1, 0.15) is 23.4 Å². The summed E-state index contributed by atoms with van der Waals surface area (Å²) in [5.74, 6) is 0.890. The molecule has 2 N–H and O–H groups in total. The second-order valence-electron chi connectivity index (χ2n) is 4.88. The zero-order valence-electron chi connectivity index (χ0n) is 12.4. The van der Waals surface area contributed by atoms with Crippen LogP contribution in [0.15, 0.2) is 36.4 Å². The smallest absolute Gasteiger partial charge is 0.119 e. The van der Waals surface area contributed by atoms with Crippen molar-refractivity contribution in [2.24, 2.45) is 5.73 Å². The first-order chi connectivity index (χ1) is 10.1. The van der Waals surface area contributed by atoms with Crippen LogP contribution in [0.4, 0.5) is 0 Å². The highest BCUT2D eigenvalue weighted by Crippen LogP contribution is 2.27. The molecule has 0 fully saturated rings. The Bertz CT molecular complexity index is 573. The molecular weight excluding hydrogens is 304 g/mol. The van der Waals surface area contributed by atoms with Gasteiger partial charge in [-0.1, -0.05) is 23.7 Å². The van der Waals surface area contributed by atoms with Gasteiger partial charge in [0.1, 0.15) is 5.75 Å². The Morgan fingerprint density at radius 2 is 2.14 bits per heavy atom. The fourth-order valence-electron chi connectivity index (χ4n) is 2.34. The lowest BCUT2D eigenvalue weighted by molar-refractivity contribution is 0.243. The van der Waals surface area contributed by atoms with Crippen molar-refractivity contribution in [3.05, 3.63) is 51.2 Å². The van der Waals surface area contributed by atoms with Gasteiger partial charge in [-0.2, -0.15) is 0 Å². The largest absolute Gasteiger partial charge is 0.494 e. The van der Waals surface area contributed by atoms with Gasteiger partial charge < -0.3 is 10.5 Å². The van der Waals surface area contributed by atoms with Crippen molar-refractivity contribution in [1.29, 1.82) is 0 Å². The molecule has 1 atom stereocenters. The molecule has 0 bridgehead atoms. The third-order valence-corrected chi connectivity index (χ3v) is 4.56. The molecule has 2 rings (SSSR count). The van der Waals surface area contributed by atoms with Crippen LogP contribution < -0.4 is 10.5 Å². The number of likely N-dealkylation sites (N-methyl/N-ethyl adjacent to an activating group) is 1. The second-order valence-corrected chi connectivity index (χ2v) is 6.68. The number of hydrogen-bond acceptors (Lipinski definition) is 4. The van der Waals surface area contributed by atoms with Crippen LogP contribution in [-0.2, 0) is 6.54 Å². The van der Waals surface area contributed by atoms with Gasteiger partial charge in [-0.3, -0.25) is 4.90 Å². The number of halogens is 1. The molecule has 114 valence electrons. The molecule has 5 heteroatoms. The highest BCUT2D eigenvalue weighted by molar-refractivity contribution is 7.16. The van der Waals surface area contributed by atoms with E-state index in [1.807, 2.05) is 25.1 Å². The topological polar surface area (TPSA) is 38.5 Å². The summed E-state index contributed by atoms with van der Waals surface area (Å²) < 4.78 is 6.39. The van der Waals surface area contributed by atoms with Crippen molar-refractivity contribution in [1.82, 2.24) is 4.90 Å². The van der Waals surface area contributed by atoms with E-state index in [-0.39, 0.29) is 6.04 Å². The molecule has 0 radical (unpaired) electrons. The fourth-order valence-corrected chi connectivity index (χ4v) is 3.49. The monoisotopic (exact) mass is 324 g/mol. The zero-order valence-corrected chi connectivity index (χ0v) is 14.0. The number of thiophene rings is 1. The Balaban J connectivity index is 2.12.